The summed E-state index contributed by atoms with van der Waals surface area (Å²) in [7, 11) is 3.38. The zero-order valence-electron chi connectivity index (χ0n) is 13.3. The fourth-order valence-electron chi connectivity index (χ4n) is 3.36. The molecule has 0 spiro atoms. The number of amides is 1. The maximum absolute atomic E-state index is 12.9. The Bertz CT molecular complexity index is 767. The van der Waals surface area contributed by atoms with Crippen LogP contribution in [0.5, 0.6) is 0 Å². The van der Waals surface area contributed by atoms with Crippen LogP contribution in [0.15, 0.2) is 30.5 Å². The van der Waals surface area contributed by atoms with Gasteiger partial charge in [-0.15, -0.1) is 0 Å². The summed E-state index contributed by atoms with van der Waals surface area (Å²) in [6, 6.07) is 7.71. The largest absolute Gasteiger partial charge is 0.481 e. The number of likely N-dealkylation sites (tertiary alicyclic amines) is 1. The first kappa shape index (κ1) is 15.6. The third-order valence-electron chi connectivity index (χ3n) is 4.64. The number of ether oxygens (including phenoxy) is 1. The van der Waals surface area contributed by atoms with Crippen LogP contribution in [0, 0.1) is 5.41 Å². The number of aryl methyl sites for hydroxylation is 1. The highest BCUT2D eigenvalue weighted by Crippen LogP contribution is 2.33. The van der Waals surface area contributed by atoms with Gasteiger partial charge in [0.05, 0.1) is 12.2 Å². The third-order valence-corrected chi connectivity index (χ3v) is 4.64. The van der Waals surface area contributed by atoms with E-state index < -0.39 is 11.4 Å². The number of aromatic nitrogens is 1. The molecule has 0 aliphatic carbocycles. The van der Waals surface area contributed by atoms with Crippen molar-refractivity contribution in [3.63, 3.8) is 0 Å². The van der Waals surface area contributed by atoms with E-state index in [2.05, 4.69) is 0 Å². The first-order valence-electron chi connectivity index (χ1n) is 7.54. The van der Waals surface area contributed by atoms with E-state index in [9.17, 15) is 14.7 Å². The molecule has 1 aromatic carbocycles. The molecule has 1 atom stereocenters. The number of para-hydroxylation sites is 1. The average molecular weight is 316 g/mol. The van der Waals surface area contributed by atoms with Crippen molar-refractivity contribution in [2.75, 3.05) is 26.8 Å². The molecule has 0 bridgehead atoms. The molecule has 2 aromatic rings. The predicted molar refractivity (Wildman–Crippen MR) is 85.4 cm³/mol. The van der Waals surface area contributed by atoms with Crippen molar-refractivity contribution in [2.24, 2.45) is 12.5 Å². The van der Waals surface area contributed by atoms with Gasteiger partial charge in [0.15, 0.2) is 0 Å². The third kappa shape index (κ3) is 2.49. The van der Waals surface area contributed by atoms with E-state index in [0.29, 0.717) is 18.5 Å². The molecule has 6 nitrogen and oxygen atoms in total. The van der Waals surface area contributed by atoms with E-state index in [-0.39, 0.29) is 19.1 Å². The lowest BCUT2D eigenvalue weighted by Crippen LogP contribution is -2.40. The van der Waals surface area contributed by atoms with Gasteiger partial charge < -0.3 is 19.3 Å². The number of carboxylic acids is 1. The number of carbonyl (C=O) groups is 2. The summed E-state index contributed by atoms with van der Waals surface area (Å²) < 4.78 is 6.99. The van der Waals surface area contributed by atoms with Crippen LogP contribution in [-0.4, -0.2) is 53.3 Å². The summed E-state index contributed by atoms with van der Waals surface area (Å²) >= 11 is 0. The molecule has 0 radical (unpaired) electrons. The first-order valence-corrected chi connectivity index (χ1v) is 7.54. The van der Waals surface area contributed by atoms with Gasteiger partial charge in [-0.1, -0.05) is 18.2 Å². The minimum absolute atomic E-state index is 0.113. The summed E-state index contributed by atoms with van der Waals surface area (Å²) in [5.41, 5.74) is 0.591. The zero-order chi connectivity index (χ0) is 16.6. The van der Waals surface area contributed by atoms with Crippen LogP contribution in [0.25, 0.3) is 10.9 Å². The molecule has 23 heavy (non-hydrogen) atoms. The van der Waals surface area contributed by atoms with Crippen LogP contribution in [0.4, 0.5) is 0 Å². The molecule has 6 heteroatoms. The number of nitrogens with zero attached hydrogens (tertiary/aromatic N) is 2. The lowest BCUT2D eigenvalue weighted by molar-refractivity contribution is -0.151. The second kappa shape index (κ2) is 5.70. The van der Waals surface area contributed by atoms with Crippen molar-refractivity contribution in [2.45, 2.75) is 6.42 Å². The zero-order valence-corrected chi connectivity index (χ0v) is 13.3. The topological polar surface area (TPSA) is 71.8 Å². The van der Waals surface area contributed by atoms with Crippen LogP contribution in [0.3, 0.4) is 0 Å². The van der Waals surface area contributed by atoms with Crippen molar-refractivity contribution in [1.29, 1.82) is 0 Å². The Morgan fingerprint density at radius 1 is 1.35 bits per heavy atom. The van der Waals surface area contributed by atoms with Gasteiger partial charge in [-0.2, -0.15) is 0 Å². The Morgan fingerprint density at radius 2 is 2.09 bits per heavy atom. The van der Waals surface area contributed by atoms with Gasteiger partial charge in [0.1, 0.15) is 5.41 Å². The maximum atomic E-state index is 12.9. The van der Waals surface area contributed by atoms with E-state index >= 15 is 0 Å². The Balaban J connectivity index is 1.91. The molecule has 2 heterocycles. The number of fused-ring (bicyclic) bond motifs is 1. The Kier molecular flexibility index (Phi) is 3.85. The number of carboxylic acid groups (broad SMARTS) is 1. The van der Waals surface area contributed by atoms with Gasteiger partial charge in [-0.25, -0.2) is 0 Å². The maximum Gasteiger partial charge on any atom is 0.313 e. The molecule has 122 valence electrons. The number of carbonyl (C=O) groups excluding carboxylic acids is 1. The van der Waals surface area contributed by atoms with Crippen LogP contribution >= 0.6 is 0 Å². The molecule has 1 fully saturated rings. The average Bonchev–Trinajstić information content (AvgIpc) is 3.11. The highest BCUT2D eigenvalue weighted by atomic mass is 16.5. The number of hydrogen-bond donors (Lipinski definition) is 1. The minimum Gasteiger partial charge on any atom is -0.481 e. The molecular weight excluding hydrogens is 296 g/mol. The number of hydrogen-bond acceptors (Lipinski definition) is 3. The molecule has 1 saturated heterocycles. The van der Waals surface area contributed by atoms with Crippen LogP contribution in [0.1, 0.15) is 16.8 Å². The van der Waals surface area contributed by atoms with Crippen molar-refractivity contribution in [3.05, 3.63) is 36.0 Å². The van der Waals surface area contributed by atoms with Gasteiger partial charge in [-0.05, 0) is 12.5 Å². The number of rotatable bonds is 4. The SMILES string of the molecule is COCC1(C(=O)O)CCN(C(=O)c2cn(C)c3ccccc23)C1. The first-order chi connectivity index (χ1) is 11.0. The molecular formula is C17H20N2O4. The van der Waals surface area contributed by atoms with Crippen LogP contribution < -0.4 is 0 Å². The highest BCUT2D eigenvalue weighted by Gasteiger charge is 2.46. The Hall–Kier alpha value is -2.34. The molecule has 1 unspecified atom stereocenters. The monoisotopic (exact) mass is 316 g/mol. The lowest BCUT2D eigenvalue weighted by atomic mass is 9.88. The fourth-order valence-corrected chi connectivity index (χ4v) is 3.36. The Labute approximate surface area is 134 Å². The highest BCUT2D eigenvalue weighted by molar-refractivity contribution is 6.07. The second-order valence-corrected chi connectivity index (χ2v) is 6.17. The van der Waals surface area contributed by atoms with E-state index in [1.807, 2.05) is 42.1 Å². The summed E-state index contributed by atoms with van der Waals surface area (Å²) in [5.74, 6) is -1.03. The summed E-state index contributed by atoms with van der Waals surface area (Å²) in [6.45, 7) is 0.720. The van der Waals surface area contributed by atoms with E-state index in [1.54, 1.807) is 4.90 Å². The van der Waals surface area contributed by atoms with Crippen molar-refractivity contribution >= 4 is 22.8 Å². The van der Waals surface area contributed by atoms with Gasteiger partial charge in [0.2, 0.25) is 0 Å². The molecule has 1 N–H and O–H groups in total. The number of methoxy groups -OCH3 is 1. The molecule has 1 aliphatic rings. The quantitative estimate of drug-likeness (QED) is 0.932. The lowest BCUT2D eigenvalue weighted by Gasteiger charge is -2.23. The normalized spacial score (nSPS) is 21.0. The molecule has 3 rings (SSSR count). The summed E-state index contributed by atoms with van der Waals surface area (Å²) in [5, 5.41) is 10.4. The Morgan fingerprint density at radius 3 is 2.78 bits per heavy atom. The van der Waals surface area contributed by atoms with E-state index in [1.165, 1.54) is 7.11 Å². The fraction of sp³-hybridized carbons (Fsp3) is 0.412. The molecule has 1 amide bonds. The van der Waals surface area contributed by atoms with Crippen LogP contribution in [0.2, 0.25) is 0 Å². The van der Waals surface area contributed by atoms with Crippen molar-refractivity contribution < 1.29 is 19.4 Å². The molecule has 1 aromatic heterocycles. The van der Waals surface area contributed by atoms with E-state index in [0.717, 1.165) is 10.9 Å². The van der Waals surface area contributed by atoms with Gasteiger partial charge >= 0.3 is 5.97 Å². The second-order valence-electron chi connectivity index (χ2n) is 6.17. The molecule has 1 aliphatic heterocycles. The number of benzene rings is 1. The smallest absolute Gasteiger partial charge is 0.313 e. The van der Waals surface area contributed by atoms with Gasteiger partial charge in [0.25, 0.3) is 5.91 Å². The summed E-state index contributed by atoms with van der Waals surface area (Å²) in [6.07, 6.45) is 2.22. The predicted octanol–water partition coefficient (Wildman–Crippen LogP) is 1.74. The summed E-state index contributed by atoms with van der Waals surface area (Å²) in [4.78, 5) is 26.1. The molecule has 0 saturated carbocycles. The van der Waals surface area contributed by atoms with E-state index in [4.69, 9.17) is 4.74 Å². The van der Waals surface area contributed by atoms with Crippen LogP contribution in [-0.2, 0) is 16.6 Å². The van der Waals surface area contributed by atoms with Crippen molar-refractivity contribution in [3.8, 4) is 0 Å². The van der Waals surface area contributed by atoms with Crippen molar-refractivity contribution in [1.82, 2.24) is 9.47 Å². The van der Waals surface area contributed by atoms with Gasteiger partial charge in [0, 0.05) is 44.3 Å². The van der Waals surface area contributed by atoms with Gasteiger partial charge in [-0.3, -0.25) is 9.59 Å². The number of aliphatic carboxylic acids is 1. The minimum atomic E-state index is -1.00. The standard InChI is InChI=1S/C17H20N2O4/c1-18-9-13(12-5-3-4-6-14(12)18)15(20)19-8-7-17(10-19,11-23-2)16(21)22/h3-6,9H,7-8,10-11H2,1-2H3,(H,21,22).